The third-order valence-electron chi connectivity index (χ3n) is 6.69. The summed E-state index contributed by atoms with van der Waals surface area (Å²) in [7, 11) is 1.70. The molecule has 0 aromatic heterocycles. The first-order chi connectivity index (χ1) is 17.4. The predicted molar refractivity (Wildman–Crippen MR) is 146 cm³/mol. The highest BCUT2D eigenvalue weighted by molar-refractivity contribution is 9.10. The maximum Gasteiger partial charge on any atom is 0.241 e. The summed E-state index contributed by atoms with van der Waals surface area (Å²) in [4.78, 5) is 25.8. The number of piperidine rings is 1. The molecule has 7 heteroatoms. The number of ether oxygens (including phenoxy) is 1. The number of hydrogen-bond donors (Lipinski definition) is 2. The molecule has 2 N–H and O–H groups in total. The van der Waals surface area contributed by atoms with Gasteiger partial charge in [-0.15, -0.1) is 0 Å². The van der Waals surface area contributed by atoms with E-state index in [1.165, 1.54) is 12.5 Å². The molecule has 4 rings (SSSR count). The standard InChI is InChI=1S/C29H32BrN3O3/c1-20(34)31-18-29(35)33-15-14-27(26(19-33)22-6-4-3-5-7-22)32-17-24-16-23(10-13-28(24)36-2)21-8-11-25(30)12-9-21/h3-13,16,26-27,32H,14-15,17-19H2,1-2H3,(H,31,34). The number of halogens is 1. The van der Waals surface area contributed by atoms with Gasteiger partial charge in [0.1, 0.15) is 5.75 Å². The second-order valence-electron chi connectivity index (χ2n) is 9.08. The fourth-order valence-corrected chi connectivity index (χ4v) is 5.02. The molecule has 0 aliphatic carbocycles. The van der Waals surface area contributed by atoms with Gasteiger partial charge >= 0.3 is 0 Å². The molecule has 2 amide bonds. The average Bonchev–Trinajstić information content (AvgIpc) is 2.91. The maximum absolute atomic E-state index is 12.7. The largest absolute Gasteiger partial charge is 0.496 e. The van der Waals surface area contributed by atoms with Crippen LogP contribution in [0.1, 0.15) is 30.4 Å². The molecular formula is C29H32BrN3O3. The van der Waals surface area contributed by atoms with Crippen LogP contribution in [0.2, 0.25) is 0 Å². The van der Waals surface area contributed by atoms with Crippen LogP contribution < -0.4 is 15.4 Å². The Balaban J connectivity index is 1.51. The van der Waals surface area contributed by atoms with E-state index in [1.807, 2.05) is 41.3 Å². The maximum atomic E-state index is 12.7. The summed E-state index contributed by atoms with van der Waals surface area (Å²) in [5.41, 5.74) is 4.57. The van der Waals surface area contributed by atoms with Gasteiger partial charge in [-0.1, -0.05) is 64.5 Å². The van der Waals surface area contributed by atoms with Crippen LogP contribution in [0.4, 0.5) is 0 Å². The number of likely N-dealkylation sites (tertiary alicyclic amines) is 1. The molecule has 0 spiro atoms. The summed E-state index contributed by atoms with van der Waals surface area (Å²) < 4.78 is 6.72. The Bertz CT molecular complexity index is 1180. The first kappa shape index (κ1) is 25.9. The van der Waals surface area contributed by atoms with Crippen LogP contribution in [0.25, 0.3) is 11.1 Å². The minimum Gasteiger partial charge on any atom is -0.496 e. The van der Waals surface area contributed by atoms with Gasteiger partial charge in [-0.2, -0.15) is 0 Å². The van der Waals surface area contributed by atoms with Crippen molar-refractivity contribution in [3.05, 3.63) is 88.4 Å². The van der Waals surface area contributed by atoms with Crippen LogP contribution >= 0.6 is 15.9 Å². The lowest BCUT2D eigenvalue weighted by molar-refractivity contribution is -0.133. The van der Waals surface area contributed by atoms with E-state index in [1.54, 1.807) is 7.11 Å². The lowest BCUT2D eigenvalue weighted by atomic mass is 9.85. The van der Waals surface area contributed by atoms with Crippen molar-refractivity contribution in [2.75, 3.05) is 26.7 Å². The predicted octanol–water partition coefficient (Wildman–Crippen LogP) is 4.74. The van der Waals surface area contributed by atoms with E-state index in [9.17, 15) is 9.59 Å². The van der Waals surface area contributed by atoms with Crippen molar-refractivity contribution in [3.63, 3.8) is 0 Å². The van der Waals surface area contributed by atoms with Crippen LogP contribution in [-0.2, 0) is 16.1 Å². The smallest absolute Gasteiger partial charge is 0.241 e. The van der Waals surface area contributed by atoms with Gasteiger partial charge in [-0.25, -0.2) is 0 Å². The van der Waals surface area contributed by atoms with E-state index >= 15 is 0 Å². The lowest BCUT2D eigenvalue weighted by Crippen LogP contribution is -2.51. The van der Waals surface area contributed by atoms with Gasteiger partial charge in [0.05, 0.1) is 13.7 Å². The minimum atomic E-state index is -0.196. The van der Waals surface area contributed by atoms with E-state index in [4.69, 9.17) is 4.74 Å². The zero-order chi connectivity index (χ0) is 25.5. The Morgan fingerprint density at radius 2 is 1.75 bits per heavy atom. The molecule has 2 unspecified atom stereocenters. The quantitative estimate of drug-likeness (QED) is 0.426. The van der Waals surface area contributed by atoms with Gasteiger partial charge in [0, 0.05) is 48.6 Å². The molecule has 1 fully saturated rings. The SMILES string of the molecule is COc1ccc(-c2ccc(Br)cc2)cc1CNC1CCN(C(=O)CNC(C)=O)CC1c1ccccc1. The first-order valence-corrected chi connectivity index (χ1v) is 13.0. The number of amides is 2. The summed E-state index contributed by atoms with van der Waals surface area (Å²) in [5.74, 6) is 0.747. The van der Waals surface area contributed by atoms with Gasteiger partial charge in [0.15, 0.2) is 0 Å². The minimum absolute atomic E-state index is 0.0367. The van der Waals surface area contributed by atoms with Crippen molar-refractivity contribution >= 4 is 27.7 Å². The van der Waals surface area contributed by atoms with Crippen molar-refractivity contribution in [2.24, 2.45) is 0 Å². The normalized spacial score (nSPS) is 17.5. The molecule has 3 aromatic carbocycles. The number of nitrogens with one attached hydrogen (secondary N) is 2. The highest BCUT2D eigenvalue weighted by atomic mass is 79.9. The number of methoxy groups -OCH3 is 1. The number of hydrogen-bond acceptors (Lipinski definition) is 4. The molecule has 0 radical (unpaired) electrons. The van der Waals surface area contributed by atoms with Gasteiger partial charge in [0.25, 0.3) is 0 Å². The number of benzene rings is 3. The molecule has 1 saturated heterocycles. The summed E-state index contributed by atoms with van der Waals surface area (Å²) in [6, 6.07) is 25.1. The zero-order valence-electron chi connectivity index (χ0n) is 20.7. The van der Waals surface area contributed by atoms with Crippen LogP contribution in [0, 0.1) is 0 Å². The number of rotatable bonds is 8. The van der Waals surface area contributed by atoms with Crippen LogP contribution in [0.3, 0.4) is 0 Å². The Morgan fingerprint density at radius 1 is 1.03 bits per heavy atom. The van der Waals surface area contributed by atoms with Crippen LogP contribution in [0.15, 0.2) is 77.3 Å². The topological polar surface area (TPSA) is 70.7 Å². The summed E-state index contributed by atoms with van der Waals surface area (Å²) in [6.07, 6.45) is 0.820. The zero-order valence-corrected chi connectivity index (χ0v) is 22.3. The number of carbonyl (C=O) groups excluding carboxylic acids is 2. The van der Waals surface area contributed by atoms with Crippen molar-refractivity contribution in [2.45, 2.75) is 31.8 Å². The fraction of sp³-hybridized carbons (Fsp3) is 0.310. The third-order valence-corrected chi connectivity index (χ3v) is 7.22. The lowest BCUT2D eigenvalue weighted by Gasteiger charge is -2.39. The van der Waals surface area contributed by atoms with Crippen molar-refractivity contribution in [1.29, 1.82) is 0 Å². The third kappa shape index (κ3) is 6.53. The van der Waals surface area contributed by atoms with Crippen molar-refractivity contribution in [3.8, 4) is 16.9 Å². The average molecular weight is 550 g/mol. The highest BCUT2D eigenvalue weighted by Crippen LogP contribution is 2.30. The Hall–Kier alpha value is -3.16. The monoisotopic (exact) mass is 549 g/mol. The molecule has 3 aromatic rings. The van der Waals surface area contributed by atoms with Gasteiger partial charge in [-0.3, -0.25) is 9.59 Å². The Kier molecular flexibility index (Phi) is 8.78. The second-order valence-corrected chi connectivity index (χ2v) is 9.99. The fourth-order valence-electron chi connectivity index (χ4n) is 4.75. The molecule has 1 aliphatic rings. The van der Waals surface area contributed by atoms with Gasteiger partial charge in [0.2, 0.25) is 11.8 Å². The van der Waals surface area contributed by atoms with Gasteiger partial charge < -0.3 is 20.3 Å². The Labute approximate surface area is 221 Å². The summed E-state index contributed by atoms with van der Waals surface area (Å²) in [5, 5.41) is 6.39. The molecular weight excluding hydrogens is 518 g/mol. The molecule has 0 saturated carbocycles. The Morgan fingerprint density at radius 3 is 2.44 bits per heavy atom. The van der Waals surface area contributed by atoms with Crippen LogP contribution in [0.5, 0.6) is 5.75 Å². The molecule has 1 aliphatic heterocycles. The van der Waals surface area contributed by atoms with E-state index in [-0.39, 0.29) is 30.3 Å². The summed E-state index contributed by atoms with van der Waals surface area (Å²) in [6.45, 7) is 3.37. The molecule has 1 heterocycles. The van der Waals surface area contributed by atoms with E-state index in [0.717, 1.165) is 33.3 Å². The van der Waals surface area contributed by atoms with E-state index in [0.29, 0.717) is 19.6 Å². The highest BCUT2D eigenvalue weighted by Gasteiger charge is 2.32. The van der Waals surface area contributed by atoms with Crippen molar-refractivity contribution < 1.29 is 14.3 Å². The molecule has 36 heavy (non-hydrogen) atoms. The van der Waals surface area contributed by atoms with Gasteiger partial charge in [-0.05, 0) is 47.4 Å². The molecule has 188 valence electrons. The summed E-state index contributed by atoms with van der Waals surface area (Å²) >= 11 is 3.50. The second kappa shape index (κ2) is 12.2. The molecule has 0 bridgehead atoms. The van der Waals surface area contributed by atoms with E-state index < -0.39 is 0 Å². The van der Waals surface area contributed by atoms with Crippen molar-refractivity contribution in [1.82, 2.24) is 15.5 Å². The van der Waals surface area contributed by atoms with Crippen LogP contribution in [-0.4, -0.2) is 49.5 Å². The number of carbonyl (C=O) groups is 2. The van der Waals surface area contributed by atoms with E-state index in [2.05, 4.69) is 63.0 Å². The molecule has 6 nitrogen and oxygen atoms in total. The number of nitrogens with zero attached hydrogens (tertiary/aromatic N) is 1. The first-order valence-electron chi connectivity index (χ1n) is 12.2. The molecule has 2 atom stereocenters.